The van der Waals surface area contributed by atoms with Gasteiger partial charge in [0.25, 0.3) is 0 Å². The number of benzene rings is 1. The lowest BCUT2D eigenvalue weighted by molar-refractivity contribution is 0.00801. The van der Waals surface area contributed by atoms with Gasteiger partial charge in [-0.05, 0) is 61.1 Å². The molecule has 3 aliphatic heterocycles. The summed E-state index contributed by atoms with van der Waals surface area (Å²) in [6.45, 7) is 6.25. The summed E-state index contributed by atoms with van der Waals surface area (Å²) >= 11 is 4.99. The standard InChI is InChI=1S/C20H21N3S/c1-2-14-12-23-10-8-15(14)11-19(23)20(22-13-24)17-7-9-21-18-6-4-3-5-16(17)18/h2-7,9,14-15,19-20H,1,8,10-12H2/t14-,15?,19+,20+/m0/s1. The summed E-state index contributed by atoms with van der Waals surface area (Å²) in [6.07, 6.45) is 6.43. The summed E-state index contributed by atoms with van der Waals surface area (Å²) in [6, 6.07) is 10.8. The molecule has 4 heteroatoms. The molecule has 5 rings (SSSR count). The maximum Gasteiger partial charge on any atom is 0.101 e. The van der Waals surface area contributed by atoms with Crippen LogP contribution >= 0.6 is 12.2 Å². The zero-order chi connectivity index (χ0) is 16.5. The average Bonchev–Trinajstić information content (AvgIpc) is 2.66. The van der Waals surface area contributed by atoms with Crippen LogP contribution in [0.25, 0.3) is 10.9 Å². The highest BCUT2D eigenvalue weighted by Crippen LogP contribution is 2.43. The Labute approximate surface area is 148 Å². The van der Waals surface area contributed by atoms with Gasteiger partial charge in [0.2, 0.25) is 0 Å². The molecular formula is C20H21N3S. The van der Waals surface area contributed by atoms with E-state index < -0.39 is 0 Å². The molecule has 1 aromatic heterocycles. The molecule has 24 heavy (non-hydrogen) atoms. The summed E-state index contributed by atoms with van der Waals surface area (Å²) in [7, 11) is 0. The Hall–Kier alpha value is -1.87. The first-order valence-corrected chi connectivity index (χ1v) is 9.00. The predicted molar refractivity (Wildman–Crippen MR) is 101 cm³/mol. The lowest BCUT2D eigenvalue weighted by atomic mass is 9.73. The summed E-state index contributed by atoms with van der Waals surface area (Å²) in [4.78, 5) is 11.7. The number of hydrogen-bond acceptors (Lipinski definition) is 4. The maximum absolute atomic E-state index is 4.99. The highest BCUT2D eigenvalue weighted by molar-refractivity contribution is 7.78. The number of thiocarbonyl (C=S) groups is 1. The topological polar surface area (TPSA) is 28.5 Å². The van der Waals surface area contributed by atoms with E-state index in [1.165, 1.54) is 17.4 Å². The molecule has 0 amide bonds. The van der Waals surface area contributed by atoms with Gasteiger partial charge in [-0.25, -0.2) is 4.99 Å². The number of hydrogen-bond donors (Lipinski definition) is 0. The maximum atomic E-state index is 4.99. The van der Waals surface area contributed by atoms with E-state index in [0.29, 0.717) is 17.9 Å². The van der Waals surface area contributed by atoms with E-state index in [1.54, 1.807) is 0 Å². The van der Waals surface area contributed by atoms with Crippen LogP contribution in [-0.2, 0) is 0 Å². The molecular weight excluding hydrogens is 314 g/mol. The monoisotopic (exact) mass is 335 g/mol. The summed E-state index contributed by atoms with van der Waals surface area (Å²) in [5.74, 6) is 1.33. The average molecular weight is 335 g/mol. The highest BCUT2D eigenvalue weighted by atomic mass is 32.1. The van der Waals surface area contributed by atoms with E-state index in [0.717, 1.165) is 25.0 Å². The first-order chi connectivity index (χ1) is 11.8. The summed E-state index contributed by atoms with van der Waals surface area (Å²) in [5.41, 5.74) is 2.23. The molecule has 0 spiro atoms. The Kier molecular flexibility index (Phi) is 4.28. The van der Waals surface area contributed by atoms with E-state index in [2.05, 4.69) is 57.0 Å². The second kappa shape index (κ2) is 6.56. The van der Waals surface area contributed by atoms with Crippen molar-refractivity contribution in [1.82, 2.24) is 9.88 Å². The summed E-state index contributed by atoms with van der Waals surface area (Å²) in [5, 5.41) is 3.82. The smallest absolute Gasteiger partial charge is 0.101 e. The first kappa shape index (κ1) is 15.6. The highest BCUT2D eigenvalue weighted by Gasteiger charge is 2.42. The zero-order valence-electron chi connectivity index (χ0n) is 13.6. The van der Waals surface area contributed by atoms with E-state index in [-0.39, 0.29) is 6.04 Å². The molecule has 1 aromatic carbocycles. The van der Waals surface area contributed by atoms with E-state index >= 15 is 0 Å². The Bertz CT molecular complexity index is 806. The van der Waals surface area contributed by atoms with Gasteiger partial charge in [0.1, 0.15) is 6.04 Å². The number of rotatable bonds is 4. The largest absolute Gasteiger partial charge is 0.297 e. The quantitative estimate of drug-likeness (QED) is 0.474. The van der Waals surface area contributed by atoms with Gasteiger partial charge in [0.15, 0.2) is 0 Å². The lowest BCUT2D eigenvalue weighted by Gasteiger charge is -2.50. The Morgan fingerprint density at radius 3 is 3.00 bits per heavy atom. The second-order valence-corrected chi connectivity index (χ2v) is 7.01. The number of pyridine rings is 1. The van der Waals surface area contributed by atoms with Crippen molar-refractivity contribution in [3.8, 4) is 0 Å². The third-order valence-electron chi connectivity index (χ3n) is 5.71. The van der Waals surface area contributed by atoms with E-state index in [1.807, 2.05) is 12.3 Å². The second-order valence-electron chi connectivity index (χ2n) is 6.83. The van der Waals surface area contributed by atoms with Crippen molar-refractivity contribution >= 4 is 28.3 Å². The Balaban J connectivity index is 1.75. The number of piperidine rings is 3. The van der Waals surface area contributed by atoms with Crippen molar-refractivity contribution in [3.05, 3.63) is 54.7 Å². The van der Waals surface area contributed by atoms with Gasteiger partial charge in [-0.3, -0.25) is 9.88 Å². The third-order valence-corrected chi connectivity index (χ3v) is 5.82. The minimum atomic E-state index is 0.0314. The molecule has 2 unspecified atom stereocenters. The van der Waals surface area contributed by atoms with Crippen molar-refractivity contribution in [3.63, 3.8) is 0 Å². The molecule has 0 saturated carbocycles. The number of para-hydroxylation sites is 1. The van der Waals surface area contributed by atoms with Gasteiger partial charge >= 0.3 is 0 Å². The Morgan fingerprint density at radius 1 is 1.38 bits per heavy atom. The fourth-order valence-electron chi connectivity index (χ4n) is 4.50. The molecule has 122 valence electrons. The first-order valence-electron chi connectivity index (χ1n) is 8.59. The molecule has 0 radical (unpaired) electrons. The molecule has 3 fully saturated rings. The number of nitrogens with zero attached hydrogens (tertiary/aromatic N) is 3. The van der Waals surface area contributed by atoms with Crippen molar-refractivity contribution in [2.75, 3.05) is 13.1 Å². The van der Waals surface area contributed by atoms with Crippen LogP contribution in [0.4, 0.5) is 0 Å². The minimum Gasteiger partial charge on any atom is -0.297 e. The molecule has 0 N–H and O–H groups in total. The molecule has 3 aliphatic rings. The van der Waals surface area contributed by atoms with Crippen molar-refractivity contribution in [2.24, 2.45) is 16.8 Å². The van der Waals surface area contributed by atoms with Gasteiger partial charge in [0.05, 0.1) is 10.7 Å². The molecule has 3 saturated heterocycles. The predicted octanol–water partition coefficient (Wildman–Crippen LogP) is 4.28. The van der Waals surface area contributed by atoms with Crippen LogP contribution in [0.15, 0.2) is 54.2 Å². The fourth-order valence-corrected chi connectivity index (χ4v) is 4.61. The van der Waals surface area contributed by atoms with Crippen molar-refractivity contribution < 1.29 is 0 Å². The van der Waals surface area contributed by atoms with Gasteiger partial charge in [0, 0.05) is 24.2 Å². The van der Waals surface area contributed by atoms with Crippen LogP contribution in [0, 0.1) is 11.8 Å². The fraction of sp³-hybridized carbons (Fsp3) is 0.400. The van der Waals surface area contributed by atoms with E-state index in [9.17, 15) is 0 Å². The molecule has 4 heterocycles. The lowest BCUT2D eigenvalue weighted by Crippen LogP contribution is -2.54. The van der Waals surface area contributed by atoms with Crippen molar-refractivity contribution in [2.45, 2.75) is 24.9 Å². The summed E-state index contributed by atoms with van der Waals surface area (Å²) < 4.78 is 0. The SMILES string of the molecule is C=C[C@H]1CN2CCC1C[C@@H]2[C@H](N=C=S)c1ccnc2ccccc12. The molecule has 2 aromatic rings. The minimum absolute atomic E-state index is 0.0314. The van der Waals surface area contributed by atoms with Crippen LogP contribution in [-0.4, -0.2) is 34.2 Å². The van der Waals surface area contributed by atoms with Crippen LogP contribution in [0.2, 0.25) is 0 Å². The van der Waals surface area contributed by atoms with Gasteiger partial charge in [-0.15, -0.1) is 6.58 Å². The molecule has 3 nitrogen and oxygen atoms in total. The van der Waals surface area contributed by atoms with Gasteiger partial charge in [-0.2, -0.15) is 0 Å². The molecule has 0 aliphatic carbocycles. The third kappa shape index (κ3) is 2.61. The molecule has 2 bridgehead atoms. The zero-order valence-corrected chi connectivity index (χ0v) is 14.5. The number of isothiocyanates is 1. The number of aromatic nitrogens is 1. The van der Waals surface area contributed by atoms with E-state index in [4.69, 9.17) is 12.2 Å². The normalized spacial score (nSPS) is 29.8. The van der Waals surface area contributed by atoms with Crippen LogP contribution in [0.3, 0.4) is 0 Å². The van der Waals surface area contributed by atoms with Gasteiger partial charge < -0.3 is 0 Å². The van der Waals surface area contributed by atoms with Crippen molar-refractivity contribution in [1.29, 1.82) is 0 Å². The van der Waals surface area contributed by atoms with Crippen LogP contribution in [0.5, 0.6) is 0 Å². The molecule has 5 atom stereocenters. The van der Waals surface area contributed by atoms with Gasteiger partial charge in [-0.1, -0.05) is 24.3 Å². The number of aliphatic imine (C=N–C) groups is 1. The van der Waals surface area contributed by atoms with Crippen LogP contribution < -0.4 is 0 Å². The Morgan fingerprint density at radius 2 is 2.25 bits per heavy atom. The van der Waals surface area contributed by atoms with Crippen LogP contribution in [0.1, 0.15) is 24.4 Å². The number of fused-ring (bicyclic) bond motifs is 4.